The molecule has 19 heavy (non-hydrogen) atoms. The first-order valence-corrected chi connectivity index (χ1v) is 5.39. The van der Waals surface area contributed by atoms with E-state index in [1.807, 2.05) is 0 Å². The van der Waals surface area contributed by atoms with Gasteiger partial charge in [0.2, 0.25) is 0 Å². The van der Waals surface area contributed by atoms with E-state index in [4.69, 9.17) is 14.6 Å². The monoisotopic (exact) mass is 265 g/mol. The van der Waals surface area contributed by atoms with Gasteiger partial charge in [-0.15, -0.1) is 0 Å². The first kappa shape index (κ1) is 13.0. The summed E-state index contributed by atoms with van der Waals surface area (Å²) in [5.74, 6) is -2.11. The van der Waals surface area contributed by atoms with Crippen LogP contribution in [0.4, 0.5) is 5.69 Å². The largest absolute Gasteiger partial charge is 0.497 e. The normalized spacial score (nSPS) is 15.5. The fraction of sp³-hybridized carbons (Fsp3) is 0.250. The van der Waals surface area contributed by atoms with Crippen LogP contribution >= 0.6 is 0 Å². The predicted molar refractivity (Wildman–Crippen MR) is 63.3 cm³/mol. The van der Waals surface area contributed by atoms with Gasteiger partial charge >= 0.3 is 5.97 Å². The third-order valence-corrected chi connectivity index (χ3v) is 2.62. The van der Waals surface area contributed by atoms with E-state index in [1.54, 1.807) is 0 Å². The lowest BCUT2D eigenvalue weighted by Crippen LogP contribution is -2.47. The Labute approximate surface area is 108 Å². The third-order valence-electron chi connectivity index (χ3n) is 2.62. The molecule has 2 amide bonds. The number of methoxy groups -OCH3 is 1. The number of carboxylic acids is 1. The number of carbonyl (C=O) groups excluding carboxylic acids is 2. The molecule has 1 saturated heterocycles. The van der Waals surface area contributed by atoms with Gasteiger partial charge in [-0.2, -0.15) is 0 Å². The van der Waals surface area contributed by atoms with Crippen molar-refractivity contribution in [3.05, 3.63) is 23.8 Å². The van der Waals surface area contributed by atoms with Crippen molar-refractivity contribution in [2.75, 3.05) is 25.2 Å². The number of rotatable bonds is 3. The summed E-state index contributed by atoms with van der Waals surface area (Å²) in [4.78, 5) is 35.4. The number of carbonyl (C=O) groups is 3. The highest BCUT2D eigenvalue weighted by Crippen LogP contribution is 2.27. The summed E-state index contributed by atoms with van der Waals surface area (Å²) in [7, 11) is 1.39. The Morgan fingerprint density at radius 2 is 1.95 bits per heavy atom. The van der Waals surface area contributed by atoms with E-state index >= 15 is 0 Å². The number of hydrogen-bond acceptors (Lipinski definition) is 5. The van der Waals surface area contributed by atoms with Crippen LogP contribution in [-0.2, 0) is 14.3 Å². The summed E-state index contributed by atoms with van der Waals surface area (Å²) in [6.07, 6.45) is 0. The molecule has 0 radical (unpaired) electrons. The van der Waals surface area contributed by atoms with Crippen molar-refractivity contribution < 1.29 is 29.0 Å². The molecule has 1 aliphatic rings. The minimum Gasteiger partial charge on any atom is -0.497 e. The molecule has 7 nitrogen and oxygen atoms in total. The average Bonchev–Trinajstić information content (AvgIpc) is 2.38. The van der Waals surface area contributed by atoms with Gasteiger partial charge in [-0.05, 0) is 18.2 Å². The Bertz CT molecular complexity index is 537. The number of anilines is 1. The van der Waals surface area contributed by atoms with Crippen molar-refractivity contribution in [3.63, 3.8) is 0 Å². The molecule has 1 aliphatic heterocycles. The van der Waals surface area contributed by atoms with Crippen molar-refractivity contribution in [1.29, 1.82) is 0 Å². The molecule has 7 heteroatoms. The lowest BCUT2D eigenvalue weighted by atomic mass is 10.1. The average molecular weight is 265 g/mol. The Morgan fingerprint density at radius 3 is 2.47 bits per heavy atom. The number of aromatic carboxylic acids is 1. The fourth-order valence-electron chi connectivity index (χ4n) is 1.77. The zero-order valence-electron chi connectivity index (χ0n) is 10.1. The third kappa shape index (κ3) is 2.41. The van der Waals surface area contributed by atoms with Gasteiger partial charge in [-0.25, -0.2) is 9.69 Å². The highest BCUT2D eigenvalue weighted by atomic mass is 16.5. The Balaban J connectivity index is 2.51. The lowest BCUT2D eigenvalue weighted by Gasteiger charge is -2.26. The van der Waals surface area contributed by atoms with Crippen LogP contribution in [0.25, 0.3) is 0 Å². The number of benzene rings is 1. The molecule has 0 unspecified atom stereocenters. The SMILES string of the molecule is COc1ccc(N2C(=O)COCC2=O)c(C(=O)O)c1. The first-order valence-electron chi connectivity index (χ1n) is 5.39. The summed E-state index contributed by atoms with van der Waals surface area (Å²) in [5, 5.41) is 9.15. The molecular formula is C12H11NO6. The van der Waals surface area contributed by atoms with E-state index in [9.17, 15) is 14.4 Å². The second-order valence-corrected chi connectivity index (χ2v) is 3.80. The predicted octanol–water partition coefficient (Wildman–Crippen LogP) is 0.283. The summed E-state index contributed by atoms with van der Waals surface area (Å²) in [5.41, 5.74) is -0.158. The zero-order valence-corrected chi connectivity index (χ0v) is 10.1. The van der Waals surface area contributed by atoms with Gasteiger partial charge in [0.05, 0.1) is 18.4 Å². The van der Waals surface area contributed by atoms with Crippen LogP contribution in [0.3, 0.4) is 0 Å². The molecule has 1 aromatic carbocycles. The van der Waals surface area contributed by atoms with Crippen molar-refractivity contribution in [2.45, 2.75) is 0 Å². The van der Waals surface area contributed by atoms with E-state index in [0.717, 1.165) is 4.90 Å². The molecule has 0 spiro atoms. The fourth-order valence-corrected chi connectivity index (χ4v) is 1.77. The van der Waals surface area contributed by atoms with Gasteiger partial charge in [0, 0.05) is 0 Å². The molecule has 0 saturated carbocycles. The molecule has 1 N–H and O–H groups in total. The molecule has 2 rings (SSSR count). The van der Waals surface area contributed by atoms with Gasteiger partial charge in [0.25, 0.3) is 11.8 Å². The number of carboxylic acid groups (broad SMARTS) is 1. The van der Waals surface area contributed by atoms with Crippen LogP contribution in [0, 0.1) is 0 Å². The van der Waals surface area contributed by atoms with Crippen LogP contribution in [0.2, 0.25) is 0 Å². The van der Waals surface area contributed by atoms with E-state index in [1.165, 1.54) is 25.3 Å². The molecule has 0 atom stereocenters. The van der Waals surface area contributed by atoms with Gasteiger partial charge in [0.1, 0.15) is 19.0 Å². The zero-order chi connectivity index (χ0) is 14.0. The van der Waals surface area contributed by atoms with E-state index in [-0.39, 0.29) is 24.5 Å². The Kier molecular flexibility index (Phi) is 3.48. The number of hydrogen-bond donors (Lipinski definition) is 1. The van der Waals surface area contributed by atoms with Crippen molar-refractivity contribution in [2.24, 2.45) is 0 Å². The lowest BCUT2D eigenvalue weighted by molar-refractivity contribution is -0.138. The number of ether oxygens (including phenoxy) is 2. The molecule has 0 aliphatic carbocycles. The van der Waals surface area contributed by atoms with E-state index < -0.39 is 17.8 Å². The molecule has 1 aromatic rings. The first-order chi connectivity index (χ1) is 9.04. The van der Waals surface area contributed by atoms with Crippen LogP contribution in [-0.4, -0.2) is 43.2 Å². The molecule has 1 heterocycles. The van der Waals surface area contributed by atoms with Gasteiger partial charge in [-0.3, -0.25) is 9.59 Å². The second-order valence-electron chi connectivity index (χ2n) is 3.80. The highest BCUT2D eigenvalue weighted by molar-refractivity contribution is 6.19. The van der Waals surface area contributed by atoms with Gasteiger partial charge < -0.3 is 14.6 Å². The smallest absolute Gasteiger partial charge is 0.337 e. The van der Waals surface area contributed by atoms with E-state index in [0.29, 0.717) is 5.75 Å². The maximum Gasteiger partial charge on any atom is 0.337 e. The topological polar surface area (TPSA) is 93.1 Å². The molecular weight excluding hydrogens is 254 g/mol. The summed E-state index contributed by atoms with van der Waals surface area (Å²) < 4.78 is 9.70. The molecule has 1 fully saturated rings. The molecule has 0 bridgehead atoms. The standard InChI is InChI=1S/C12H11NO6/c1-18-7-2-3-9(8(4-7)12(16)17)13-10(14)5-19-6-11(13)15/h2-4H,5-6H2,1H3,(H,16,17). The van der Waals surface area contributed by atoms with Gasteiger partial charge in [-0.1, -0.05) is 0 Å². The van der Waals surface area contributed by atoms with Crippen LogP contribution < -0.4 is 9.64 Å². The number of morpholine rings is 1. The Morgan fingerprint density at radius 1 is 1.32 bits per heavy atom. The van der Waals surface area contributed by atoms with Crippen molar-refractivity contribution in [1.82, 2.24) is 0 Å². The number of nitrogens with zero attached hydrogens (tertiary/aromatic N) is 1. The summed E-state index contributed by atoms with van der Waals surface area (Å²) >= 11 is 0. The van der Waals surface area contributed by atoms with Gasteiger partial charge in [0.15, 0.2) is 0 Å². The van der Waals surface area contributed by atoms with Crippen LogP contribution in [0.1, 0.15) is 10.4 Å². The quantitative estimate of drug-likeness (QED) is 0.789. The Hall–Kier alpha value is -2.41. The summed E-state index contributed by atoms with van der Waals surface area (Å²) in [6.45, 7) is -0.506. The number of imide groups is 1. The number of amides is 2. The second kappa shape index (κ2) is 5.07. The maximum atomic E-state index is 11.7. The van der Waals surface area contributed by atoms with Crippen LogP contribution in [0.5, 0.6) is 5.75 Å². The maximum absolute atomic E-state index is 11.7. The highest BCUT2D eigenvalue weighted by Gasteiger charge is 2.31. The minimum absolute atomic E-state index is 0.0200. The molecule has 100 valence electrons. The van der Waals surface area contributed by atoms with E-state index in [2.05, 4.69) is 0 Å². The van der Waals surface area contributed by atoms with Crippen molar-refractivity contribution >= 4 is 23.5 Å². The van der Waals surface area contributed by atoms with Crippen LogP contribution in [0.15, 0.2) is 18.2 Å². The minimum atomic E-state index is -1.25. The molecule has 0 aromatic heterocycles. The summed E-state index contributed by atoms with van der Waals surface area (Å²) in [6, 6.07) is 4.11. The van der Waals surface area contributed by atoms with Crippen molar-refractivity contribution in [3.8, 4) is 5.75 Å².